The van der Waals surface area contributed by atoms with Crippen molar-refractivity contribution in [3.05, 3.63) is 40.7 Å². The van der Waals surface area contributed by atoms with Gasteiger partial charge in [0.05, 0.1) is 19.3 Å². The third kappa shape index (κ3) is 2.32. The smallest absolute Gasteiger partial charge is 0.251 e. The number of tetrazole rings is 1. The summed E-state index contributed by atoms with van der Waals surface area (Å²) in [7, 11) is 0. The van der Waals surface area contributed by atoms with E-state index in [0.29, 0.717) is 24.6 Å². The first-order valence-corrected chi connectivity index (χ1v) is 5.98. The SMILES string of the molecule is CC(NC(=O)c1ccc2c(c1)COC2)c1nn[nH]n1. The molecule has 2 heterocycles. The first-order valence-electron chi connectivity index (χ1n) is 5.98. The number of ether oxygens (including phenoxy) is 1. The lowest BCUT2D eigenvalue weighted by molar-refractivity contribution is 0.0938. The number of H-pyrrole nitrogens is 1. The third-order valence-electron chi connectivity index (χ3n) is 3.08. The number of amides is 1. The Morgan fingerprint density at radius 3 is 3.05 bits per heavy atom. The van der Waals surface area contributed by atoms with Crippen molar-refractivity contribution in [1.29, 1.82) is 0 Å². The van der Waals surface area contributed by atoms with E-state index < -0.39 is 0 Å². The summed E-state index contributed by atoms with van der Waals surface area (Å²) < 4.78 is 5.33. The highest BCUT2D eigenvalue weighted by atomic mass is 16.5. The zero-order valence-electron chi connectivity index (χ0n) is 10.4. The molecule has 0 radical (unpaired) electrons. The van der Waals surface area contributed by atoms with Crippen LogP contribution < -0.4 is 5.32 Å². The minimum Gasteiger partial charge on any atom is -0.372 e. The zero-order chi connectivity index (χ0) is 13.2. The fraction of sp³-hybridized carbons (Fsp3) is 0.333. The van der Waals surface area contributed by atoms with E-state index in [9.17, 15) is 4.79 Å². The number of nitrogens with zero attached hydrogens (tertiary/aromatic N) is 3. The molecule has 1 aliphatic rings. The van der Waals surface area contributed by atoms with E-state index in [-0.39, 0.29) is 11.9 Å². The second kappa shape index (κ2) is 4.77. The Hall–Kier alpha value is -2.28. The minimum absolute atomic E-state index is 0.160. The van der Waals surface area contributed by atoms with Crippen LogP contribution in [-0.4, -0.2) is 26.5 Å². The predicted octanol–water partition coefficient (Wildman–Crippen LogP) is 0.721. The molecule has 2 aromatic rings. The molecule has 0 aliphatic carbocycles. The van der Waals surface area contributed by atoms with Crippen LogP contribution in [0.1, 0.15) is 40.3 Å². The largest absolute Gasteiger partial charge is 0.372 e. The van der Waals surface area contributed by atoms with Crippen molar-refractivity contribution in [1.82, 2.24) is 25.9 Å². The maximum Gasteiger partial charge on any atom is 0.251 e. The average Bonchev–Trinajstić information content (AvgIpc) is 3.09. The molecule has 19 heavy (non-hydrogen) atoms. The fourth-order valence-electron chi connectivity index (χ4n) is 2.01. The van der Waals surface area contributed by atoms with E-state index in [0.717, 1.165) is 11.1 Å². The van der Waals surface area contributed by atoms with Gasteiger partial charge in [-0.25, -0.2) is 0 Å². The molecular weight excluding hydrogens is 246 g/mol. The van der Waals surface area contributed by atoms with Gasteiger partial charge < -0.3 is 10.1 Å². The van der Waals surface area contributed by atoms with Crippen molar-refractivity contribution in [2.75, 3.05) is 0 Å². The number of benzene rings is 1. The first-order chi connectivity index (χ1) is 9.24. The molecule has 0 spiro atoms. The van der Waals surface area contributed by atoms with Crippen LogP contribution in [0, 0.1) is 0 Å². The second-order valence-corrected chi connectivity index (χ2v) is 4.44. The summed E-state index contributed by atoms with van der Waals surface area (Å²) >= 11 is 0. The lowest BCUT2D eigenvalue weighted by atomic mass is 10.1. The van der Waals surface area contributed by atoms with Gasteiger partial charge in [-0.05, 0) is 30.2 Å². The highest BCUT2D eigenvalue weighted by molar-refractivity contribution is 5.94. The maximum absolute atomic E-state index is 12.1. The van der Waals surface area contributed by atoms with Crippen LogP contribution in [0.4, 0.5) is 0 Å². The van der Waals surface area contributed by atoms with Crippen molar-refractivity contribution >= 4 is 5.91 Å². The molecule has 0 bridgehead atoms. The van der Waals surface area contributed by atoms with Crippen molar-refractivity contribution < 1.29 is 9.53 Å². The van der Waals surface area contributed by atoms with Crippen molar-refractivity contribution in [2.24, 2.45) is 0 Å². The number of hydrogen-bond acceptors (Lipinski definition) is 5. The van der Waals surface area contributed by atoms with Crippen LogP contribution in [0.15, 0.2) is 18.2 Å². The zero-order valence-corrected chi connectivity index (χ0v) is 10.4. The van der Waals surface area contributed by atoms with Gasteiger partial charge in [-0.15, -0.1) is 10.2 Å². The van der Waals surface area contributed by atoms with E-state index in [4.69, 9.17) is 4.74 Å². The maximum atomic E-state index is 12.1. The molecule has 7 nitrogen and oxygen atoms in total. The Labute approximate surface area is 109 Å². The van der Waals surface area contributed by atoms with Gasteiger partial charge in [0.1, 0.15) is 0 Å². The van der Waals surface area contributed by atoms with E-state index in [2.05, 4.69) is 25.9 Å². The normalized spacial score (nSPS) is 15.0. The van der Waals surface area contributed by atoms with Gasteiger partial charge >= 0.3 is 0 Å². The van der Waals surface area contributed by atoms with E-state index >= 15 is 0 Å². The molecule has 1 aromatic carbocycles. The summed E-state index contributed by atoms with van der Waals surface area (Å²) in [5.74, 6) is 0.296. The lowest BCUT2D eigenvalue weighted by Gasteiger charge is -2.10. The van der Waals surface area contributed by atoms with Gasteiger partial charge in [0.2, 0.25) is 0 Å². The quantitative estimate of drug-likeness (QED) is 0.847. The Bertz CT molecular complexity index is 596. The molecule has 0 saturated heterocycles. The molecule has 3 rings (SSSR count). The molecule has 0 saturated carbocycles. The monoisotopic (exact) mass is 259 g/mol. The second-order valence-electron chi connectivity index (χ2n) is 4.44. The molecule has 1 atom stereocenters. The van der Waals surface area contributed by atoms with Gasteiger partial charge in [-0.1, -0.05) is 11.3 Å². The number of nitrogens with one attached hydrogen (secondary N) is 2. The first kappa shape index (κ1) is 11.8. The Morgan fingerprint density at radius 1 is 1.42 bits per heavy atom. The summed E-state index contributed by atoms with van der Waals surface area (Å²) in [5.41, 5.74) is 2.82. The molecule has 1 aromatic heterocycles. The number of carbonyl (C=O) groups is 1. The van der Waals surface area contributed by atoms with Crippen LogP contribution in [0.5, 0.6) is 0 Å². The van der Waals surface area contributed by atoms with E-state index in [1.165, 1.54) is 0 Å². The van der Waals surface area contributed by atoms with Crippen molar-refractivity contribution in [2.45, 2.75) is 26.2 Å². The number of hydrogen-bond donors (Lipinski definition) is 2. The topological polar surface area (TPSA) is 92.8 Å². The summed E-state index contributed by atoms with van der Waals surface area (Å²) in [4.78, 5) is 12.1. The summed E-state index contributed by atoms with van der Waals surface area (Å²) in [6.45, 7) is 2.99. The van der Waals surface area contributed by atoms with Crippen LogP contribution >= 0.6 is 0 Å². The highest BCUT2D eigenvalue weighted by Gasteiger charge is 2.17. The van der Waals surface area contributed by atoms with E-state index in [1.54, 1.807) is 13.0 Å². The van der Waals surface area contributed by atoms with Crippen LogP contribution in [0.3, 0.4) is 0 Å². The molecule has 98 valence electrons. The van der Waals surface area contributed by atoms with Crippen LogP contribution in [0.2, 0.25) is 0 Å². The average molecular weight is 259 g/mol. The predicted molar refractivity (Wildman–Crippen MR) is 65.0 cm³/mol. The van der Waals surface area contributed by atoms with E-state index in [1.807, 2.05) is 12.1 Å². The molecule has 7 heteroatoms. The van der Waals surface area contributed by atoms with Crippen LogP contribution in [0.25, 0.3) is 0 Å². The Morgan fingerprint density at radius 2 is 2.26 bits per heavy atom. The molecule has 2 N–H and O–H groups in total. The fourth-order valence-corrected chi connectivity index (χ4v) is 2.01. The van der Waals surface area contributed by atoms with Gasteiger partial charge in [-0.2, -0.15) is 5.21 Å². The highest BCUT2D eigenvalue weighted by Crippen LogP contribution is 2.21. The Balaban J connectivity index is 1.74. The molecule has 1 amide bonds. The summed E-state index contributed by atoms with van der Waals surface area (Å²) in [6, 6.07) is 5.29. The standard InChI is InChI=1S/C12H13N5O2/c1-7(11-14-16-17-15-11)13-12(18)8-2-3-9-5-19-6-10(9)4-8/h2-4,7H,5-6H2,1H3,(H,13,18)(H,14,15,16,17). The molecule has 1 aliphatic heterocycles. The Kier molecular flexibility index (Phi) is 2.96. The number of aromatic nitrogens is 4. The van der Waals surface area contributed by atoms with Gasteiger partial charge in [0.25, 0.3) is 5.91 Å². The number of rotatable bonds is 3. The minimum atomic E-state index is -0.296. The summed E-state index contributed by atoms with van der Waals surface area (Å²) in [5, 5.41) is 16.3. The number of aromatic amines is 1. The van der Waals surface area contributed by atoms with Crippen molar-refractivity contribution in [3.63, 3.8) is 0 Å². The molecular formula is C12H13N5O2. The number of carbonyl (C=O) groups excluding carboxylic acids is 1. The third-order valence-corrected chi connectivity index (χ3v) is 3.08. The van der Waals surface area contributed by atoms with Crippen LogP contribution in [-0.2, 0) is 18.0 Å². The van der Waals surface area contributed by atoms with Gasteiger partial charge in [-0.3, -0.25) is 4.79 Å². The summed E-state index contributed by atoms with van der Waals surface area (Å²) in [6.07, 6.45) is 0. The van der Waals surface area contributed by atoms with Gasteiger partial charge in [0, 0.05) is 5.56 Å². The van der Waals surface area contributed by atoms with Crippen molar-refractivity contribution in [3.8, 4) is 0 Å². The number of fused-ring (bicyclic) bond motifs is 1. The van der Waals surface area contributed by atoms with Gasteiger partial charge in [0.15, 0.2) is 5.82 Å². The molecule has 1 unspecified atom stereocenters. The molecule has 0 fully saturated rings. The lowest BCUT2D eigenvalue weighted by Crippen LogP contribution is -2.27.